The minimum Gasteiger partial charge on any atom is -0.454 e. The Labute approximate surface area is 153 Å². The van der Waals surface area contributed by atoms with Crippen LogP contribution in [0.5, 0.6) is 0 Å². The predicted octanol–water partition coefficient (Wildman–Crippen LogP) is 3.45. The first-order valence-electron chi connectivity index (χ1n) is 8.16. The number of carbonyl (C=O) groups excluding carboxylic acids is 1. The van der Waals surface area contributed by atoms with Crippen LogP contribution in [0.3, 0.4) is 0 Å². The molecule has 0 saturated heterocycles. The van der Waals surface area contributed by atoms with Crippen molar-refractivity contribution >= 4 is 38.4 Å². The van der Waals surface area contributed by atoms with Crippen LogP contribution < -0.4 is 5.56 Å². The quantitative estimate of drug-likeness (QED) is 0.563. The molecule has 0 saturated carbocycles. The van der Waals surface area contributed by atoms with Gasteiger partial charge >= 0.3 is 5.97 Å². The average molecular weight is 367 g/mol. The van der Waals surface area contributed by atoms with Gasteiger partial charge in [0.2, 0.25) is 0 Å². The number of hydrogen-bond donors (Lipinski definition) is 1. The standard InChI is InChI=1S/C19H17N3O3S/c1-10-11(2)26-18-16(10)17(23)20-15(21-18)9-25-19(24)13-8-22(3)14-7-5-4-6-12(13)14/h4-8H,9H2,1-3H3,(H,20,21,23). The van der Waals surface area contributed by atoms with E-state index in [9.17, 15) is 9.59 Å². The Morgan fingerprint density at radius 3 is 2.88 bits per heavy atom. The maximum absolute atomic E-state index is 12.5. The van der Waals surface area contributed by atoms with E-state index >= 15 is 0 Å². The second kappa shape index (κ2) is 6.10. The van der Waals surface area contributed by atoms with Crippen LogP contribution in [-0.4, -0.2) is 20.5 Å². The molecule has 0 aliphatic rings. The number of H-pyrrole nitrogens is 1. The fourth-order valence-corrected chi connectivity index (χ4v) is 4.13. The van der Waals surface area contributed by atoms with Crippen molar-refractivity contribution in [1.29, 1.82) is 0 Å². The van der Waals surface area contributed by atoms with Crippen molar-refractivity contribution in [3.8, 4) is 0 Å². The van der Waals surface area contributed by atoms with Crippen LogP contribution >= 0.6 is 11.3 Å². The Bertz CT molecular complexity index is 1220. The summed E-state index contributed by atoms with van der Waals surface area (Å²) in [6.07, 6.45) is 1.75. The average Bonchev–Trinajstić information content (AvgIpc) is 3.10. The van der Waals surface area contributed by atoms with E-state index in [0.717, 1.165) is 21.3 Å². The fraction of sp³-hybridized carbons (Fsp3) is 0.211. The molecular weight excluding hydrogens is 350 g/mol. The fourth-order valence-electron chi connectivity index (χ4n) is 3.08. The summed E-state index contributed by atoms with van der Waals surface area (Å²) in [4.78, 5) is 33.7. The SMILES string of the molecule is Cc1sc2nc(COC(=O)c3cn(C)c4ccccc34)[nH]c(=O)c2c1C. The van der Waals surface area contributed by atoms with Crippen molar-refractivity contribution in [3.05, 3.63) is 62.6 Å². The first-order valence-corrected chi connectivity index (χ1v) is 8.97. The highest BCUT2D eigenvalue weighted by atomic mass is 32.1. The van der Waals surface area contributed by atoms with Crippen LogP contribution in [0, 0.1) is 13.8 Å². The number of rotatable bonds is 3. The minimum atomic E-state index is -0.442. The van der Waals surface area contributed by atoms with Gasteiger partial charge in [0, 0.05) is 29.0 Å². The molecule has 0 aliphatic heterocycles. The van der Waals surface area contributed by atoms with Gasteiger partial charge in [0.15, 0.2) is 0 Å². The smallest absolute Gasteiger partial charge is 0.340 e. The van der Waals surface area contributed by atoms with E-state index in [1.807, 2.05) is 49.7 Å². The van der Waals surface area contributed by atoms with Gasteiger partial charge in [0.25, 0.3) is 5.56 Å². The van der Waals surface area contributed by atoms with E-state index in [1.54, 1.807) is 6.20 Å². The number of hydrogen-bond acceptors (Lipinski definition) is 5. The molecule has 1 N–H and O–H groups in total. The van der Waals surface area contributed by atoms with Gasteiger partial charge in [-0.3, -0.25) is 4.79 Å². The second-order valence-corrected chi connectivity index (χ2v) is 7.43. The Hall–Kier alpha value is -2.93. The molecule has 0 fully saturated rings. The lowest BCUT2D eigenvalue weighted by Crippen LogP contribution is -2.14. The molecule has 7 heteroatoms. The molecule has 0 atom stereocenters. The van der Waals surface area contributed by atoms with Crippen molar-refractivity contribution < 1.29 is 9.53 Å². The molecule has 0 aliphatic carbocycles. The highest BCUT2D eigenvalue weighted by Gasteiger charge is 2.17. The predicted molar refractivity (Wildman–Crippen MR) is 102 cm³/mol. The molecule has 6 nitrogen and oxygen atoms in total. The number of aromatic amines is 1. The normalized spacial score (nSPS) is 11.3. The summed E-state index contributed by atoms with van der Waals surface area (Å²) in [5, 5.41) is 1.44. The van der Waals surface area contributed by atoms with Crippen molar-refractivity contribution in [1.82, 2.24) is 14.5 Å². The largest absolute Gasteiger partial charge is 0.454 e. The summed E-state index contributed by atoms with van der Waals surface area (Å²) >= 11 is 1.47. The molecule has 4 aromatic rings. The van der Waals surface area contributed by atoms with Crippen LogP contribution in [0.15, 0.2) is 35.3 Å². The minimum absolute atomic E-state index is 0.0801. The monoisotopic (exact) mass is 367 g/mol. The number of nitrogens with one attached hydrogen (secondary N) is 1. The van der Waals surface area contributed by atoms with Crippen molar-refractivity contribution in [2.45, 2.75) is 20.5 Å². The number of aromatic nitrogens is 3. The third-order valence-corrected chi connectivity index (χ3v) is 5.65. The maximum atomic E-state index is 12.5. The van der Waals surface area contributed by atoms with E-state index < -0.39 is 5.97 Å². The lowest BCUT2D eigenvalue weighted by molar-refractivity contribution is 0.0464. The number of aryl methyl sites for hydroxylation is 3. The van der Waals surface area contributed by atoms with E-state index in [2.05, 4.69) is 9.97 Å². The molecule has 0 spiro atoms. The van der Waals surface area contributed by atoms with Crippen LogP contribution in [0.25, 0.3) is 21.1 Å². The van der Waals surface area contributed by atoms with Gasteiger partial charge in [-0.15, -0.1) is 11.3 Å². The third-order valence-electron chi connectivity index (χ3n) is 4.54. The van der Waals surface area contributed by atoms with Gasteiger partial charge in [0.1, 0.15) is 17.3 Å². The molecule has 0 bridgehead atoms. The molecule has 0 amide bonds. The molecular formula is C19H17N3O3S. The Morgan fingerprint density at radius 2 is 2.08 bits per heavy atom. The lowest BCUT2D eigenvalue weighted by atomic mass is 10.2. The van der Waals surface area contributed by atoms with Crippen molar-refractivity contribution in [3.63, 3.8) is 0 Å². The summed E-state index contributed by atoms with van der Waals surface area (Å²) in [5.74, 6) is -0.0968. The van der Waals surface area contributed by atoms with Crippen molar-refractivity contribution in [2.24, 2.45) is 7.05 Å². The molecule has 4 rings (SSSR count). The molecule has 0 unspecified atom stereocenters. The van der Waals surface area contributed by atoms with Crippen LogP contribution in [0.2, 0.25) is 0 Å². The van der Waals surface area contributed by atoms with Crippen LogP contribution in [0.4, 0.5) is 0 Å². The molecule has 0 radical (unpaired) electrons. The van der Waals surface area contributed by atoms with Gasteiger partial charge in [-0.1, -0.05) is 18.2 Å². The van der Waals surface area contributed by atoms with Gasteiger partial charge in [0.05, 0.1) is 10.9 Å². The zero-order valence-electron chi connectivity index (χ0n) is 14.6. The molecule has 3 aromatic heterocycles. The molecule has 26 heavy (non-hydrogen) atoms. The number of benzene rings is 1. The first kappa shape index (κ1) is 16.5. The topological polar surface area (TPSA) is 77.0 Å². The molecule has 3 heterocycles. The number of thiophene rings is 1. The summed E-state index contributed by atoms with van der Waals surface area (Å²) < 4.78 is 7.28. The highest BCUT2D eigenvalue weighted by Crippen LogP contribution is 2.26. The van der Waals surface area contributed by atoms with Crippen LogP contribution in [-0.2, 0) is 18.4 Å². The lowest BCUT2D eigenvalue weighted by Gasteiger charge is -2.04. The second-order valence-electron chi connectivity index (χ2n) is 6.22. The zero-order valence-corrected chi connectivity index (χ0v) is 15.4. The summed E-state index contributed by atoms with van der Waals surface area (Å²) in [6.45, 7) is 3.79. The van der Waals surface area contributed by atoms with Gasteiger partial charge < -0.3 is 14.3 Å². The Kier molecular flexibility index (Phi) is 3.88. The number of nitrogens with zero attached hydrogens (tertiary/aromatic N) is 2. The highest BCUT2D eigenvalue weighted by molar-refractivity contribution is 7.18. The third kappa shape index (κ3) is 2.61. The number of ether oxygens (including phenoxy) is 1. The van der Waals surface area contributed by atoms with Crippen LogP contribution in [0.1, 0.15) is 26.6 Å². The number of fused-ring (bicyclic) bond motifs is 2. The zero-order chi connectivity index (χ0) is 18.4. The number of carbonyl (C=O) groups is 1. The summed E-state index contributed by atoms with van der Waals surface area (Å²) in [5.41, 5.74) is 2.19. The van der Waals surface area contributed by atoms with E-state index in [1.165, 1.54) is 11.3 Å². The summed E-state index contributed by atoms with van der Waals surface area (Å²) in [7, 11) is 1.88. The van der Waals surface area contributed by atoms with Gasteiger partial charge in [-0.25, -0.2) is 9.78 Å². The number of esters is 1. The van der Waals surface area contributed by atoms with Gasteiger partial charge in [-0.2, -0.15) is 0 Å². The maximum Gasteiger partial charge on any atom is 0.340 e. The molecule has 1 aromatic carbocycles. The van der Waals surface area contributed by atoms with E-state index in [4.69, 9.17) is 4.74 Å². The van der Waals surface area contributed by atoms with E-state index in [0.29, 0.717) is 21.6 Å². The Balaban J connectivity index is 1.61. The van der Waals surface area contributed by atoms with E-state index in [-0.39, 0.29) is 12.2 Å². The Morgan fingerprint density at radius 1 is 1.31 bits per heavy atom. The number of para-hydroxylation sites is 1. The van der Waals surface area contributed by atoms with Gasteiger partial charge in [-0.05, 0) is 25.5 Å². The first-order chi connectivity index (χ1) is 12.5. The summed E-state index contributed by atoms with van der Waals surface area (Å²) in [6, 6.07) is 7.63. The molecule has 132 valence electrons. The van der Waals surface area contributed by atoms with Crippen molar-refractivity contribution in [2.75, 3.05) is 0 Å².